The Hall–Kier alpha value is -1.49. The molecule has 4 nitrogen and oxygen atoms in total. The van der Waals surface area contributed by atoms with Gasteiger partial charge in [0, 0.05) is 29.6 Å². The third-order valence-corrected chi connectivity index (χ3v) is 2.71. The predicted molar refractivity (Wildman–Crippen MR) is 63.2 cm³/mol. The highest BCUT2D eigenvalue weighted by Gasteiger charge is 2.11. The molecular weight excluding hydrogens is 270 g/mol. The Labute approximate surface area is 101 Å². The van der Waals surface area contributed by atoms with Gasteiger partial charge in [-0.05, 0) is 34.1 Å². The normalized spacial score (nSPS) is 10.4. The van der Waals surface area contributed by atoms with Crippen molar-refractivity contribution in [2.45, 2.75) is 6.42 Å². The number of pyridine rings is 1. The first-order valence-electron chi connectivity index (χ1n) is 4.78. The zero-order chi connectivity index (χ0) is 11.5. The minimum absolute atomic E-state index is 0.0230. The van der Waals surface area contributed by atoms with Crippen LogP contribution in [0.3, 0.4) is 0 Å². The summed E-state index contributed by atoms with van der Waals surface area (Å²) in [5, 5.41) is 3.96. The van der Waals surface area contributed by atoms with Gasteiger partial charge in [0.15, 0.2) is 5.78 Å². The van der Waals surface area contributed by atoms with Gasteiger partial charge in [0.2, 0.25) is 0 Å². The van der Waals surface area contributed by atoms with Crippen molar-refractivity contribution < 1.29 is 4.79 Å². The van der Waals surface area contributed by atoms with Gasteiger partial charge < -0.3 is 0 Å². The van der Waals surface area contributed by atoms with Crippen molar-refractivity contribution in [1.29, 1.82) is 0 Å². The molecule has 0 aliphatic heterocycles. The van der Waals surface area contributed by atoms with Crippen LogP contribution in [-0.2, 0) is 13.5 Å². The maximum Gasteiger partial charge on any atom is 0.186 e. The average molecular weight is 280 g/mol. The van der Waals surface area contributed by atoms with Gasteiger partial charge in [-0.1, -0.05) is 0 Å². The van der Waals surface area contributed by atoms with Crippen molar-refractivity contribution in [3.05, 3.63) is 46.5 Å². The molecule has 2 aromatic rings. The van der Waals surface area contributed by atoms with Crippen LogP contribution in [0.5, 0.6) is 0 Å². The zero-order valence-electron chi connectivity index (χ0n) is 8.72. The van der Waals surface area contributed by atoms with E-state index in [1.54, 1.807) is 30.2 Å². The van der Waals surface area contributed by atoms with Crippen LogP contribution in [-0.4, -0.2) is 20.5 Å². The first-order valence-corrected chi connectivity index (χ1v) is 5.58. The number of rotatable bonds is 3. The third kappa shape index (κ3) is 2.36. The largest absolute Gasteiger partial charge is 0.292 e. The number of nitrogens with zero attached hydrogens (tertiary/aromatic N) is 3. The fourth-order valence-corrected chi connectivity index (χ4v) is 1.65. The van der Waals surface area contributed by atoms with Crippen molar-refractivity contribution in [2.75, 3.05) is 0 Å². The summed E-state index contributed by atoms with van der Waals surface area (Å²) in [5.41, 5.74) is 1.36. The van der Waals surface area contributed by atoms with E-state index in [9.17, 15) is 4.79 Å². The lowest BCUT2D eigenvalue weighted by Crippen LogP contribution is -2.10. The highest BCUT2D eigenvalue weighted by atomic mass is 79.9. The maximum atomic E-state index is 11.9. The van der Waals surface area contributed by atoms with Crippen LogP contribution in [0.4, 0.5) is 0 Å². The Bertz CT molecular complexity index is 504. The number of hydrogen-bond acceptors (Lipinski definition) is 3. The van der Waals surface area contributed by atoms with Gasteiger partial charge in [0.05, 0.1) is 6.42 Å². The molecule has 0 saturated heterocycles. The van der Waals surface area contributed by atoms with Crippen LogP contribution in [0.2, 0.25) is 0 Å². The van der Waals surface area contributed by atoms with Gasteiger partial charge in [-0.25, -0.2) is 0 Å². The van der Waals surface area contributed by atoms with Crippen LogP contribution in [0.1, 0.15) is 16.2 Å². The number of aryl methyl sites for hydroxylation is 1. The van der Waals surface area contributed by atoms with Crippen molar-refractivity contribution in [1.82, 2.24) is 14.8 Å². The third-order valence-electron chi connectivity index (χ3n) is 2.24. The minimum atomic E-state index is 0.0230. The number of hydrogen-bond donors (Lipinski definition) is 0. The van der Waals surface area contributed by atoms with Gasteiger partial charge in [-0.2, -0.15) is 5.10 Å². The molecular formula is C11H10BrN3O. The number of aromatic nitrogens is 3. The van der Waals surface area contributed by atoms with Crippen molar-refractivity contribution in [3.8, 4) is 0 Å². The SMILES string of the molecule is Cn1nccc1C(=O)Cc1ccc(Br)cn1. The summed E-state index contributed by atoms with van der Waals surface area (Å²) in [6.45, 7) is 0. The Morgan fingerprint density at radius 2 is 2.25 bits per heavy atom. The van der Waals surface area contributed by atoms with Gasteiger partial charge in [-0.3, -0.25) is 14.5 Å². The number of halogens is 1. The van der Waals surface area contributed by atoms with Gasteiger partial charge in [-0.15, -0.1) is 0 Å². The molecule has 0 aliphatic rings. The van der Waals surface area contributed by atoms with Crippen molar-refractivity contribution in [2.24, 2.45) is 7.05 Å². The minimum Gasteiger partial charge on any atom is -0.292 e. The van der Waals surface area contributed by atoms with E-state index < -0.39 is 0 Å². The van der Waals surface area contributed by atoms with Gasteiger partial charge in [0.1, 0.15) is 5.69 Å². The lowest BCUT2D eigenvalue weighted by molar-refractivity contribution is 0.0983. The molecule has 0 radical (unpaired) electrons. The monoisotopic (exact) mass is 279 g/mol. The number of ketones is 1. The summed E-state index contributed by atoms with van der Waals surface area (Å²) >= 11 is 3.30. The lowest BCUT2D eigenvalue weighted by Gasteiger charge is -2.01. The van der Waals surface area contributed by atoms with Crippen LogP contribution in [0, 0.1) is 0 Å². The average Bonchev–Trinajstić information content (AvgIpc) is 2.68. The summed E-state index contributed by atoms with van der Waals surface area (Å²) in [6.07, 6.45) is 3.60. The molecule has 0 aromatic carbocycles. The molecule has 0 N–H and O–H groups in total. The molecule has 0 unspecified atom stereocenters. The van der Waals surface area contributed by atoms with E-state index in [1.807, 2.05) is 12.1 Å². The summed E-state index contributed by atoms with van der Waals surface area (Å²) in [4.78, 5) is 16.0. The van der Waals surface area contributed by atoms with Gasteiger partial charge >= 0.3 is 0 Å². The Morgan fingerprint density at radius 1 is 1.44 bits per heavy atom. The van der Waals surface area contributed by atoms with E-state index in [2.05, 4.69) is 26.0 Å². The zero-order valence-corrected chi connectivity index (χ0v) is 10.3. The molecule has 82 valence electrons. The van der Waals surface area contributed by atoms with E-state index in [-0.39, 0.29) is 5.78 Å². The first kappa shape index (κ1) is 11.0. The first-order chi connectivity index (χ1) is 7.66. The fourth-order valence-electron chi connectivity index (χ4n) is 1.41. The number of carbonyl (C=O) groups is 1. The molecule has 0 saturated carbocycles. The smallest absolute Gasteiger partial charge is 0.186 e. The highest BCUT2D eigenvalue weighted by Crippen LogP contribution is 2.09. The topological polar surface area (TPSA) is 47.8 Å². The second kappa shape index (κ2) is 4.57. The standard InChI is InChI=1S/C11H10BrN3O/c1-15-10(4-5-14-15)11(16)6-9-3-2-8(12)7-13-9/h2-5,7H,6H2,1H3. The summed E-state index contributed by atoms with van der Waals surface area (Å²) in [7, 11) is 1.75. The van der Waals surface area contributed by atoms with Crippen LogP contribution >= 0.6 is 15.9 Å². The molecule has 0 amide bonds. The van der Waals surface area contributed by atoms with Crippen molar-refractivity contribution in [3.63, 3.8) is 0 Å². The molecule has 0 fully saturated rings. The second-order valence-electron chi connectivity index (χ2n) is 3.41. The van der Waals surface area contributed by atoms with E-state index in [0.717, 1.165) is 10.2 Å². The summed E-state index contributed by atoms with van der Waals surface area (Å²) < 4.78 is 2.48. The molecule has 2 heterocycles. The van der Waals surface area contributed by atoms with E-state index >= 15 is 0 Å². The quantitative estimate of drug-likeness (QED) is 0.808. The van der Waals surface area contributed by atoms with E-state index in [0.29, 0.717) is 12.1 Å². The van der Waals surface area contributed by atoms with Crippen molar-refractivity contribution >= 4 is 21.7 Å². The molecule has 5 heteroatoms. The fraction of sp³-hybridized carbons (Fsp3) is 0.182. The highest BCUT2D eigenvalue weighted by molar-refractivity contribution is 9.10. The Morgan fingerprint density at radius 3 is 2.81 bits per heavy atom. The Kier molecular flexibility index (Phi) is 3.14. The van der Waals surface area contributed by atoms with E-state index in [1.165, 1.54) is 0 Å². The molecule has 0 spiro atoms. The maximum absolute atomic E-state index is 11.9. The number of carbonyl (C=O) groups excluding carboxylic acids is 1. The second-order valence-corrected chi connectivity index (χ2v) is 4.32. The molecule has 16 heavy (non-hydrogen) atoms. The van der Waals surface area contributed by atoms with Crippen LogP contribution < -0.4 is 0 Å². The predicted octanol–water partition coefficient (Wildman–Crippen LogP) is 2.00. The lowest BCUT2D eigenvalue weighted by atomic mass is 10.1. The van der Waals surface area contributed by atoms with E-state index in [4.69, 9.17) is 0 Å². The molecule has 0 atom stereocenters. The summed E-state index contributed by atoms with van der Waals surface area (Å²) in [5.74, 6) is 0.0230. The molecule has 0 bridgehead atoms. The van der Waals surface area contributed by atoms with Crippen LogP contribution in [0.25, 0.3) is 0 Å². The van der Waals surface area contributed by atoms with Crippen LogP contribution in [0.15, 0.2) is 35.1 Å². The number of Topliss-reactive ketones (excluding diaryl/α,β-unsaturated/α-hetero) is 1. The Balaban J connectivity index is 2.14. The molecule has 2 aromatic heterocycles. The molecule has 0 aliphatic carbocycles. The molecule has 2 rings (SSSR count). The van der Waals surface area contributed by atoms with Gasteiger partial charge in [0.25, 0.3) is 0 Å². The summed E-state index contributed by atoms with van der Waals surface area (Å²) in [6, 6.07) is 5.42.